The van der Waals surface area contributed by atoms with Gasteiger partial charge in [0.15, 0.2) is 0 Å². The lowest BCUT2D eigenvalue weighted by Gasteiger charge is -2.08. The first-order chi connectivity index (χ1) is 10.2. The Morgan fingerprint density at radius 2 is 1.81 bits per heavy atom. The zero-order valence-corrected chi connectivity index (χ0v) is 13.9. The van der Waals surface area contributed by atoms with Crippen molar-refractivity contribution in [3.63, 3.8) is 0 Å². The van der Waals surface area contributed by atoms with E-state index in [1.165, 1.54) is 17.0 Å². The molecule has 0 atom stereocenters. The molecule has 0 saturated carbocycles. The van der Waals surface area contributed by atoms with E-state index in [9.17, 15) is 0 Å². The second-order valence-electron chi connectivity index (χ2n) is 5.07. The molecule has 0 spiro atoms. The predicted molar refractivity (Wildman–Crippen MR) is 89.6 cm³/mol. The largest absolute Gasteiger partial charge is 0.317 e. The standard InChI is InChI=1S/C17H24ClN3/c1-4-16-15(11-12-19-6-3)17(5-2)21(20-16)14-9-7-13(18)8-10-14/h7-10,19H,4-6,11-12H2,1-3H3. The molecule has 1 N–H and O–H groups in total. The SMILES string of the molecule is CCNCCc1c(CC)nn(-c2ccc(Cl)cc2)c1CC. The van der Waals surface area contributed by atoms with Gasteiger partial charge in [0, 0.05) is 10.7 Å². The summed E-state index contributed by atoms with van der Waals surface area (Å²) in [6.07, 6.45) is 2.99. The number of aromatic nitrogens is 2. The Kier molecular flexibility index (Phi) is 5.83. The van der Waals surface area contributed by atoms with Gasteiger partial charge in [-0.25, -0.2) is 4.68 Å². The molecule has 2 rings (SSSR count). The van der Waals surface area contributed by atoms with Crippen LogP contribution >= 0.6 is 11.6 Å². The van der Waals surface area contributed by atoms with Gasteiger partial charge in [0.1, 0.15) is 0 Å². The number of rotatable bonds is 7. The van der Waals surface area contributed by atoms with Gasteiger partial charge in [-0.2, -0.15) is 5.10 Å². The van der Waals surface area contributed by atoms with E-state index in [0.717, 1.165) is 43.1 Å². The second-order valence-corrected chi connectivity index (χ2v) is 5.51. The van der Waals surface area contributed by atoms with Crippen LogP contribution in [-0.4, -0.2) is 22.9 Å². The van der Waals surface area contributed by atoms with E-state index in [1.54, 1.807) is 0 Å². The summed E-state index contributed by atoms with van der Waals surface area (Å²) < 4.78 is 2.08. The summed E-state index contributed by atoms with van der Waals surface area (Å²) in [5.74, 6) is 0. The van der Waals surface area contributed by atoms with Crippen molar-refractivity contribution < 1.29 is 0 Å². The summed E-state index contributed by atoms with van der Waals surface area (Å²) in [5, 5.41) is 8.98. The van der Waals surface area contributed by atoms with Gasteiger partial charge >= 0.3 is 0 Å². The van der Waals surface area contributed by atoms with Crippen molar-refractivity contribution in [2.24, 2.45) is 0 Å². The van der Waals surface area contributed by atoms with E-state index in [4.69, 9.17) is 16.7 Å². The molecule has 3 nitrogen and oxygen atoms in total. The van der Waals surface area contributed by atoms with E-state index >= 15 is 0 Å². The Labute approximate surface area is 132 Å². The van der Waals surface area contributed by atoms with Gasteiger partial charge in [-0.1, -0.05) is 32.4 Å². The molecule has 0 aliphatic rings. The summed E-state index contributed by atoms with van der Waals surface area (Å²) in [6, 6.07) is 7.90. The van der Waals surface area contributed by atoms with Gasteiger partial charge in [-0.15, -0.1) is 0 Å². The van der Waals surface area contributed by atoms with Crippen LogP contribution < -0.4 is 5.32 Å². The molecule has 114 valence electrons. The van der Waals surface area contributed by atoms with Crippen molar-refractivity contribution in [3.05, 3.63) is 46.2 Å². The average molecular weight is 306 g/mol. The molecule has 4 heteroatoms. The molecule has 1 aromatic heterocycles. The van der Waals surface area contributed by atoms with Crippen LogP contribution in [0.4, 0.5) is 0 Å². The minimum absolute atomic E-state index is 0.757. The zero-order chi connectivity index (χ0) is 15.2. The zero-order valence-electron chi connectivity index (χ0n) is 13.1. The first-order valence-electron chi connectivity index (χ1n) is 7.77. The summed E-state index contributed by atoms with van der Waals surface area (Å²) >= 11 is 5.98. The van der Waals surface area contributed by atoms with Crippen LogP contribution in [0, 0.1) is 0 Å². The van der Waals surface area contributed by atoms with Crippen molar-refractivity contribution in [2.75, 3.05) is 13.1 Å². The van der Waals surface area contributed by atoms with E-state index in [2.05, 4.69) is 30.8 Å². The predicted octanol–water partition coefficient (Wildman–Crippen LogP) is 3.80. The van der Waals surface area contributed by atoms with Crippen LogP contribution in [0.25, 0.3) is 5.69 Å². The number of halogens is 1. The van der Waals surface area contributed by atoms with Crippen molar-refractivity contribution >= 4 is 11.6 Å². The summed E-state index contributed by atoms with van der Waals surface area (Å²) in [4.78, 5) is 0. The Balaban J connectivity index is 2.39. The van der Waals surface area contributed by atoms with Crippen LogP contribution in [0.15, 0.2) is 24.3 Å². The minimum Gasteiger partial charge on any atom is -0.317 e. The Hall–Kier alpha value is -1.32. The van der Waals surface area contributed by atoms with E-state index < -0.39 is 0 Å². The van der Waals surface area contributed by atoms with Crippen LogP contribution in [0.5, 0.6) is 0 Å². The van der Waals surface area contributed by atoms with Crippen LogP contribution in [-0.2, 0) is 19.3 Å². The van der Waals surface area contributed by atoms with Crippen molar-refractivity contribution in [1.29, 1.82) is 0 Å². The first kappa shape index (κ1) is 16.1. The highest BCUT2D eigenvalue weighted by Crippen LogP contribution is 2.22. The third-order valence-corrected chi connectivity index (χ3v) is 3.97. The molecule has 0 fully saturated rings. The third-order valence-electron chi connectivity index (χ3n) is 3.72. The van der Waals surface area contributed by atoms with E-state index in [0.29, 0.717) is 0 Å². The highest BCUT2D eigenvalue weighted by atomic mass is 35.5. The van der Waals surface area contributed by atoms with E-state index in [-0.39, 0.29) is 0 Å². The molecule has 0 aliphatic heterocycles. The lowest BCUT2D eigenvalue weighted by molar-refractivity contribution is 0.709. The Morgan fingerprint density at radius 3 is 2.38 bits per heavy atom. The average Bonchev–Trinajstić information content (AvgIpc) is 2.86. The number of likely N-dealkylation sites (N-methyl/N-ethyl adjacent to an activating group) is 1. The molecule has 0 radical (unpaired) electrons. The third kappa shape index (κ3) is 3.66. The maximum absolute atomic E-state index is 5.98. The van der Waals surface area contributed by atoms with Gasteiger partial charge in [0.25, 0.3) is 0 Å². The number of hydrogen-bond donors (Lipinski definition) is 1. The Bertz CT molecular complexity index is 572. The highest BCUT2D eigenvalue weighted by Gasteiger charge is 2.16. The Morgan fingerprint density at radius 1 is 1.10 bits per heavy atom. The molecule has 0 saturated heterocycles. The molecule has 0 amide bonds. The molecule has 0 bridgehead atoms. The number of hydrogen-bond acceptors (Lipinski definition) is 2. The fraction of sp³-hybridized carbons (Fsp3) is 0.471. The van der Waals surface area contributed by atoms with Crippen molar-refractivity contribution in [2.45, 2.75) is 40.0 Å². The molecular formula is C17H24ClN3. The van der Waals surface area contributed by atoms with Gasteiger partial charge < -0.3 is 5.32 Å². The molecule has 1 aromatic carbocycles. The smallest absolute Gasteiger partial charge is 0.0661 e. The fourth-order valence-corrected chi connectivity index (χ4v) is 2.78. The maximum Gasteiger partial charge on any atom is 0.0661 e. The number of aryl methyl sites for hydroxylation is 1. The number of nitrogens with one attached hydrogen (secondary N) is 1. The molecule has 1 heterocycles. The monoisotopic (exact) mass is 305 g/mol. The van der Waals surface area contributed by atoms with Crippen molar-refractivity contribution in [3.8, 4) is 5.69 Å². The molecule has 2 aromatic rings. The van der Waals surface area contributed by atoms with Crippen LogP contribution in [0.2, 0.25) is 5.02 Å². The van der Waals surface area contributed by atoms with Crippen LogP contribution in [0.1, 0.15) is 37.7 Å². The quantitative estimate of drug-likeness (QED) is 0.789. The lowest BCUT2D eigenvalue weighted by atomic mass is 10.1. The topological polar surface area (TPSA) is 29.9 Å². The van der Waals surface area contributed by atoms with Gasteiger partial charge in [-0.3, -0.25) is 0 Å². The molecule has 0 unspecified atom stereocenters. The molecule has 0 aliphatic carbocycles. The summed E-state index contributed by atoms with van der Waals surface area (Å²) in [7, 11) is 0. The van der Waals surface area contributed by atoms with Gasteiger partial charge in [0.2, 0.25) is 0 Å². The van der Waals surface area contributed by atoms with Gasteiger partial charge in [-0.05, 0) is 62.2 Å². The van der Waals surface area contributed by atoms with E-state index in [1.807, 2.05) is 24.3 Å². The van der Waals surface area contributed by atoms with Crippen LogP contribution in [0.3, 0.4) is 0 Å². The minimum atomic E-state index is 0.757. The highest BCUT2D eigenvalue weighted by molar-refractivity contribution is 6.30. The second kappa shape index (κ2) is 7.62. The first-order valence-corrected chi connectivity index (χ1v) is 8.15. The normalized spacial score (nSPS) is 11.0. The number of nitrogens with zero attached hydrogens (tertiary/aromatic N) is 2. The summed E-state index contributed by atoms with van der Waals surface area (Å²) in [6.45, 7) is 8.51. The fourth-order valence-electron chi connectivity index (χ4n) is 2.66. The van der Waals surface area contributed by atoms with Gasteiger partial charge in [0.05, 0.1) is 11.4 Å². The lowest BCUT2D eigenvalue weighted by Crippen LogP contribution is -2.17. The molecule has 21 heavy (non-hydrogen) atoms. The van der Waals surface area contributed by atoms with Crippen molar-refractivity contribution in [1.82, 2.24) is 15.1 Å². The summed E-state index contributed by atoms with van der Waals surface area (Å²) in [5.41, 5.74) is 5.00. The number of benzene rings is 1. The molecular weight excluding hydrogens is 282 g/mol. The maximum atomic E-state index is 5.98.